The maximum absolute atomic E-state index is 14.7. The van der Waals surface area contributed by atoms with Gasteiger partial charge in [0.25, 0.3) is 0 Å². The molecule has 0 radical (unpaired) electrons. The number of hydrogen-bond acceptors (Lipinski definition) is 4. The Morgan fingerprint density at radius 2 is 1.52 bits per heavy atom. The first-order valence-electron chi connectivity index (χ1n) is 13.2. The third-order valence-corrected chi connectivity index (χ3v) is 7.57. The fourth-order valence-electron chi connectivity index (χ4n) is 4.37. The van der Waals surface area contributed by atoms with Gasteiger partial charge in [-0.3, -0.25) is 13.9 Å². The molecule has 214 valence electrons. The molecule has 2 amide bonds. The summed E-state index contributed by atoms with van der Waals surface area (Å²) in [5.41, 5.74) is 0.969. The third-order valence-electron chi connectivity index (χ3n) is 6.39. The standard InChI is InChI=1S/C30H35F2N3O4S/c1-3-19-33-30(37)28(21-23-12-5-4-6-13-23)34(22-24-14-7-8-15-25(24)31)29(36)18-11-20-35(40(2,38)39)27-17-10-9-16-26(27)32/h4-10,12-17,28H,3,11,18-22H2,1-2H3,(H,33,37). The van der Waals surface area contributed by atoms with E-state index < -0.39 is 33.6 Å². The largest absolute Gasteiger partial charge is 0.354 e. The molecule has 1 unspecified atom stereocenters. The van der Waals surface area contributed by atoms with Crippen molar-refractivity contribution in [3.8, 4) is 0 Å². The molecule has 3 aromatic carbocycles. The molecule has 40 heavy (non-hydrogen) atoms. The van der Waals surface area contributed by atoms with Crippen LogP contribution in [0.4, 0.5) is 14.5 Å². The maximum Gasteiger partial charge on any atom is 0.243 e. The molecular formula is C30H35F2N3O4S. The average Bonchev–Trinajstić information content (AvgIpc) is 2.93. The zero-order chi connectivity index (χ0) is 29.1. The van der Waals surface area contributed by atoms with Gasteiger partial charge >= 0.3 is 0 Å². The Kier molecular flexibility index (Phi) is 11.2. The Morgan fingerprint density at radius 1 is 0.900 bits per heavy atom. The zero-order valence-corrected chi connectivity index (χ0v) is 23.5. The van der Waals surface area contributed by atoms with Gasteiger partial charge in [-0.2, -0.15) is 0 Å². The number of halogens is 2. The van der Waals surface area contributed by atoms with E-state index in [2.05, 4.69) is 5.32 Å². The van der Waals surface area contributed by atoms with Crippen molar-refractivity contribution in [1.82, 2.24) is 10.2 Å². The number of nitrogens with one attached hydrogen (secondary N) is 1. The van der Waals surface area contributed by atoms with E-state index in [4.69, 9.17) is 0 Å². The van der Waals surface area contributed by atoms with Gasteiger partial charge in [0.2, 0.25) is 21.8 Å². The average molecular weight is 572 g/mol. The number of carbonyl (C=O) groups is 2. The molecule has 0 spiro atoms. The SMILES string of the molecule is CCCNC(=O)C(Cc1ccccc1)N(Cc1ccccc1F)C(=O)CCCN(c1ccccc1F)S(C)(=O)=O. The summed E-state index contributed by atoms with van der Waals surface area (Å²) in [6.07, 6.45) is 1.80. The van der Waals surface area contributed by atoms with Gasteiger partial charge in [0.15, 0.2) is 0 Å². The number of nitrogens with zero attached hydrogens (tertiary/aromatic N) is 2. The summed E-state index contributed by atoms with van der Waals surface area (Å²) in [5.74, 6) is -2.01. The summed E-state index contributed by atoms with van der Waals surface area (Å²) < 4.78 is 54.9. The highest BCUT2D eigenvalue weighted by Gasteiger charge is 2.31. The Hall–Kier alpha value is -3.79. The number of sulfonamides is 1. The predicted molar refractivity (Wildman–Crippen MR) is 152 cm³/mol. The molecule has 1 N–H and O–H groups in total. The fourth-order valence-corrected chi connectivity index (χ4v) is 5.33. The minimum Gasteiger partial charge on any atom is -0.354 e. The van der Waals surface area contributed by atoms with Gasteiger partial charge in [-0.05, 0) is 36.6 Å². The van der Waals surface area contributed by atoms with Crippen molar-refractivity contribution in [2.75, 3.05) is 23.7 Å². The zero-order valence-electron chi connectivity index (χ0n) is 22.7. The summed E-state index contributed by atoms with van der Waals surface area (Å²) in [6, 6.07) is 19.8. The van der Waals surface area contributed by atoms with Crippen LogP contribution < -0.4 is 9.62 Å². The molecule has 10 heteroatoms. The second kappa shape index (κ2) is 14.6. The molecule has 0 saturated carbocycles. The van der Waals surface area contributed by atoms with Crippen LogP contribution >= 0.6 is 0 Å². The second-order valence-corrected chi connectivity index (χ2v) is 11.4. The van der Waals surface area contributed by atoms with Crippen LogP contribution in [0.5, 0.6) is 0 Å². The lowest BCUT2D eigenvalue weighted by molar-refractivity contribution is -0.141. The maximum atomic E-state index is 14.7. The minimum atomic E-state index is -3.84. The Bertz CT molecular complexity index is 1390. The second-order valence-electron chi connectivity index (χ2n) is 9.50. The summed E-state index contributed by atoms with van der Waals surface area (Å²) in [6.45, 7) is 2.03. The molecule has 0 aliphatic carbocycles. The highest BCUT2D eigenvalue weighted by molar-refractivity contribution is 7.92. The van der Waals surface area contributed by atoms with Gasteiger partial charge in [-0.25, -0.2) is 17.2 Å². The molecular weight excluding hydrogens is 536 g/mol. The van der Waals surface area contributed by atoms with E-state index in [-0.39, 0.29) is 49.5 Å². The molecule has 0 aliphatic heterocycles. The van der Waals surface area contributed by atoms with Crippen LogP contribution in [-0.4, -0.2) is 50.5 Å². The van der Waals surface area contributed by atoms with Crippen LogP contribution in [0.15, 0.2) is 78.9 Å². The van der Waals surface area contributed by atoms with E-state index in [1.807, 2.05) is 37.3 Å². The molecule has 0 aliphatic rings. The first kappa shape index (κ1) is 30.7. The van der Waals surface area contributed by atoms with E-state index in [0.717, 1.165) is 22.2 Å². The van der Waals surface area contributed by atoms with Crippen molar-refractivity contribution in [2.24, 2.45) is 0 Å². The lowest BCUT2D eigenvalue weighted by Crippen LogP contribution is -2.50. The number of rotatable bonds is 14. The highest BCUT2D eigenvalue weighted by Crippen LogP contribution is 2.23. The monoisotopic (exact) mass is 571 g/mol. The van der Waals surface area contributed by atoms with Crippen LogP contribution in [0.25, 0.3) is 0 Å². The Labute approximate surface area is 234 Å². The number of para-hydroxylation sites is 1. The Morgan fingerprint density at radius 3 is 2.15 bits per heavy atom. The molecule has 7 nitrogen and oxygen atoms in total. The summed E-state index contributed by atoms with van der Waals surface area (Å²) in [5, 5.41) is 2.85. The van der Waals surface area contributed by atoms with Gasteiger partial charge in [-0.15, -0.1) is 0 Å². The van der Waals surface area contributed by atoms with Gasteiger partial charge < -0.3 is 10.2 Å². The molecule has 0 aromatic heterocycles. The van der Waals surface area contributed by atoms with E-state index in [9.17, 15) is 26.8 Å². The van der Waals surface area contributed by atoms with Crippen LogP contribution in [0.1, 0.15) is 37.3 Å². The normalized spacial score (nSPS) is 12.0. The number of carbonyl (C=O) groups excluding carboxylic acids is 2. The number of hydrogen-bond donors (Lipinski definition) is 1. The molecule has 0 saturated heterocycles. The van der Waals surface area contributed by atoms with E-state index >= 15 is 0 Å². The van der Waals surface area contributed by atoms with Crippen LogP contribution in [0.2, 0.25) is 0 Å². The number of benzene rings is 3. The molecule has 0 heterocycles. The minimum absolute atomic E-state index is 0.0582. The van der Waals surface area contributed by atoms with Crippen molar-refractivity contribution in [2.45, 2.75) is 45.2 Å². The lowest BCUT2D eigenvalue weighted by Gasteiger charge is -2.32. The molecule has 0 fully saturated rings. The molecule has 1 atom stereocenters. The van der Waals surface area contributed by atoms with Crippen LogP contribution in [0.3, 0.4) is 0 Å². The predicted octanol–water partition coefficient (Wildman–Crippen LogP) is 4.68. The first-order valence-corrected chi connectivity index (χ1v) is 15.0. The van der Waals surface area contributed by atoms with Gasteiger partial charge in [0.05, 0.1) is 11.9 Å². The van der Waals surface area contributed by atoms with Gasteiger partial charge in [-0.1, -0.05) is 67.6 Å². The first-order chi connectivity index (χ1) is 19.1. The third kappa shape index (κ3) is 8.61. The molecule has 0 bridgehead atoms. The van der Waals surface area contributed by atoms with E-state index in [0.29, 0.717) is 13.0 Å². The smallest absolute Gasteiger partial charge is 0.243 e. The summed E-state index contributed by atoms with van der Waals surface area (Å²) >= 11 is 0. The van der Waals surface area contributed by atoms with Crippen LogP contribution in [-0.2, 0) is 32.6 Å². The summed E-state index contributed by atoms with van der Waals surface area (Å²) in [7, 11) is -3.84. The van der Waals surface area contributed by atoms with Crippen molar-refractivity contribution in [3.63, 3.8) is 0 Å². The number of amides is 2. The van der Waals surface area contributed by atoms with E-state index in [1.54, 1.807) is 18.2 Å². The lowest BCUT2D eigenvalue weighted by atomic mass is 10.0. The van der Waals surface area contributed by atoms with Crippen molar-refractivity contribution in [1.29, 1.82) is 0 Å². The van der Waals surface area contributed by atoms with E-state index in [1.165, 1.54) is 29.2 Å². The van der Waals surface area contributed by atoms with Gasteiger partial charge in [0.1, 0.15) is 17.7 Å². The van der Waals surface area contributed by atoms with Crippen molar-refractivity contribution < 1.29 is 26.8 Å². The quantitative estimate of drug-likeness (QED) is 0.305. The molecule has 3 aromatic rings. The van der Waals surface area contributed by atoms with Crippen molar-refractivity contribution >= 4 is 27.5 Å². The summed E-state index contributed by atoms with van der Waals surface area (Å²) in [4.78, 5) is 28.4. The van der Waals surface area contributed by atoms with Crippen molar-refractivity contribution in [3.05, 3.63) is 102 Å². The topological polar surface area (TPSA) is 86.8 Å². The number of anilines is 1. The van der Waals surface area contributed by atoms with Gasteiger partial charge in [0, 0.05) is 38.0 Å². The molecule has 3 rings (SSSR count). The highest BCUT2D eigenvalue weighted by atomic mass is 32.2. The fraction of sp³-hybridized carbons (Fsp3) is 0.333. The Balaban J connectivity index is 1.89. The van der Waals surface area contributed by atoms with Crippen LogP contribution in [0, 0.1) is 11.6 Å².